The highest BCUT2D eigenvalue weighted by Gasteiger charge is 2.14. The molecule has 0 saturated carbocycles. The zero-order chi connectivity index (χ0) is 16.4. The number of hydrogen-bond acceptors (Lipinski definition) is 3. The van der Waals surface area contributed by atoms with Gasteiger partial charge in [0.15, 0.2) is 0 Å². The SMILES string of the molecule is COc1cc(OC)c2c(C)c(Cc3ccccc3)c(=O)[nH]c2c1. The van der Waals surface area contributed by atoms with Crippen LogP contribution in [0.15, 0.2) is 47.3 Å². The molecule has 3 rings (SSSR count). The number of aromatic nitrogens is 1. The van der Waals surface area contributed by atoms with E-state index in [1.54, 1.807) is 14.2 Å². The van der Waals surface area contributed by atoms with Gasteiger partial charge in [0.05, 0.1) is 19.7 Å². The molecule has 3 aromatic rings. The summed E-state index contributed by atoms with van der Waals surface area (Å²) in [7, 11) is 3.21. The molecule has 0 aliphatic heterocycles. The molecule has 0 radical (unpaired) electrons. The fraction of sp³-hybridized carbons (Fsp3) is 0.211. The van der Waals surface area contributed by atoms with Crippen LogP contribution >= 0.6 is 0 Å². The van der Waals surface area contributed by atoms with Crippen molar-refractivity contribution in [2.45, 2.75) is 13.3 Å². The second-order valence-corrected chi connectivity index (χ2v) is 5.47. The van der Waals surface area contributed by atoms with Crippen LogP contribution in [0.25, 0.3) is 10.9 Å². The topological polar surface area (TPSA) is 51.3 Å². The van der Waals surface area contributed by atoms with Gasteiger partial charge in [0.2, 0.25) is 0 Å². The number of methoxy groups -OCH3 is 2. The zero-order valence-corrected chi connectivity index (χ0v) is 13.5. The number of nitrogens with one attached hydrogen (secondary N) is 1. The molecule has 118 valence electrons. The highest BCUT2D eigenvalue weighted by molar-refractivity contribution is 5.90. The Balaban J connectivity index is 2.22. The van der Waals surface area contributed by atoms with Crippen molar-refractivity contribution >= 4 is 10.9 Å². The van der Waals surface area contributed by atoms with Gasteiger partial charge >= 0.3 is 0 Å². The second kappa shape index (κ2) is 6.16. The minimum Gasteiger partial charge on any atom is -0.497 e. The lowest BCUT2D eigenvalue weighted by Crippen LogP contribution is -2.15. The van der Waals surface area contributed by atoms with Crippen molar-refractivity contribution in [1.29, 1.82) is 0 Å². The molecular formula is C19H19NO3. The fourth-order valence-corrected chi connectivity index (χ4v) is 2.89. The normalized spacial score (nSPS) is 10.7. The Hall–Kier alpha value is -2.75. The minimum absolute atomic E-state index is 0.0749. The molecule has 0 atom stereocenters. The van der Waals surface area contributed by atoms with Gasteiger partial charge in [-0.25, -0.2) is 0 Å². The van der Waals surface area contributed by atoms with Gasteiger partial charge in [-0.15, -0.1) is 0 Å². The van der Waals surface area contributed by atoms with E-state index in [9.17, 15) is 4.79 Å². The number of rotatable bonds is 4. The number of pyridine rings is 1. The van der Waals surface area contributed by atoms with Gasteiger partial charge in [0.1, 0.15) is 11.5 Å². The maximum Gasteiger partial charge on any atom is 0.252 e. The van der Waals surface area contributed by atoms with Crippen LogP contribution in [0.3, 0.4) is 0 Å². The first-order valence-electron chi connectivity index (χ1n) is 7.45. The molecule has 4 nitrogen and oxygen atoms in total. The summed E-state index contributed by atoms with van der Waals surface area (Å²) in [5.74, 6) is 1.35. The Morgan fingerprint density at radius 3 is 2.43 bits per heavy atom. The van der Waals surface area contributed by atoms with E-state index in [0.717, 1.165) is 27.6 Å². The van der Waals surface area contributed by atoms with Gasteiger partial charge in [-0.2, -0.15) is 0 Å². The summed E-state index contributed by atoms with van der Waals surface area (Å²) in [6.45, 7) is 1.96. The van der Waals surface area contributed by atoms with Crippen LogP contribution < -0.4 is 15.0 Å². The van der Waals surface area contributed by atoms with Gasteiger partial charge < -0.3 is 14.5 Å². The largest absolute Gasteiger partial charge is 0.497 e. The maximum atomic E-state index is 12.5. The maximum absolute atomic E-state index is 12.5. The third-order valence-electron chi connectivity index (χ3n) is 4.10. The van der Waals surface area contributed by atoms with Crippen molar-refractivity contribution in [2.24, 2.45) is 0 Å². The summed E-state index contributed by atoms with van der Waals surface area (Å²) < 4.78 is 10.8. The molecule has 1 heterocycles. The van der Waals surface area contributed by atoms with Gasteiger partial charge in [0.25, 0.3) is 5.56 Å². The van der Waals surface area contributed by atoms with Crippen LogP contribution in [-0.4, -0.2) is 19.2 Å². The standard InChI is InChI=1S/C19H19NO3/c1-12-15(9-13-7-5-4-6-8-13)19(21)20-16-10-14(22-2)11-17(23-3)18(12)16/h4-8,10-11H,9H2,1-3H3,(H,20,21). The first-order chi connectivity index (χ1) is 11.1. The highest BCUT2D eigenvalue weighted by atomic mass is 16.5. The van der Waals surface area contributed by atoms with E-state index in [1.807, 2.05) is 49.4 Å². The van der Waals surface area contributed by atoms with Crippen molar-refractivity contribution in [3.05, 3.63) is 69.5 Å². The number of aryl methyl sites for hydroxylation is 1. The molecular weight excluding hydrogens is 290 g/mol. The Labute approximate surface area is 134 Å². The van der Waals surface area contributed by atoms with Crippen LogP contribution in [0.5, 0.6) is 11.5 Å². The summed E-state index contributed by atoms with van der Waals surface area (Å²) in [4.78, 5) is 15.5. The Morgan fingerprint density at radius 2 is 1.78 bits per heavy atom. The molecule has 0 unspecified atom stereocenters. The van der Waals surface area contributed by atoms with Crippen molar-refractivity contribution in [3.8, 4) is 11.5 Å². The average molecular weight is 309 g/mol. The summed E-state index contributed by atoms with van der Waals surface area (Å²) in [6.07, 6.45) is 0.590. The van der Waals surface area contributed by atoms with E-state index >= 15 is 0 Å². The Bertz CT molecular complexity index is 898. The molecule has 4 heteroatoms. The summed E-state index contributed by atoms with van der Waals surface area (Å²) in [6, 6.07) is 13.6. The third-order valence-corrected chi connectivity index (χ3v) is 4.10. The molecule has 2 aromatic carbocycles. The van der Waals surface area contributed by atoms with E-state index < -0.39 is 0 Å². The monoisotopic (exact) mass is 309 g/mol. The van der Waals surface area contributed by atoms with E-state index in [-0.39, 0.29) is 5.56 Å². The summed E-state index contributed by atoms with van der Waals surface area (Å²) in [5, 5.41) is 0.916. The molecule has 0 fully saturated rings. The number of H-pyrrole nitrogens is 1. The van der Waals surface area contributed by atoms with Crippen molar-refractivity contribution in [2.75, 3.05) is 14.2 Å². The van der Waals surface area contributed by atoms with E-state index in [2.05, 4.69) is 4.98 Å². The average Bonchev–Trinajstić information content (AvgIpc) is 2.58. The molecule has 1 N–H and O–H groups in total. The lowest BCUT2D eigenvalue weighted by molar-refractivity contribution is 0.397. The Kier molecular flexibility index (Phi) is 4.06. The fourth-order valence-electron chi connectivity index (χ4n) is 2.89. The third kappa shape index (κ3) is 2.80. The molecule has 1 aromatic heterocycles. The van der Waals surface area contributed by atoms with E-state index in [1.165, 1.54) is 0 Å². The molecule has 0 aliphatic carbocycles. The number of aromatic amines is 1. The number of fused-ring (bicyclic) bond motifs is 1. The van der Waals surface area contributed by atoms with E-state index in [0.29, 0.717) is 17.9 Å². The predicted octanol–water partition coefficient (Wildman–Crippen LogP) is 3.44. The van der Waals surface area contributed by atoms with Gasteiger partial charge in [-0.05, 0) is 18.1 Å². The van der Waals surface area contributed by atoms with Gasteiger partial charge in [-0.3, -0.25) is 4.79 Å². The van der Waals surface area contributed by atoms with Crippen molar-refractivity contribution in [3.63, 3.8) is 0 Å². The first-order valence-corrected chi connectivity index (χ1v) is 7.45. The molecule has 23 heavy (non-hydrogen) atoms. The molecule has 0 spiro atoms. The van der Waals surface area contributed by atoms with Crippen molar-refractivity contribution in [1.82, 2.24) is 4.98 Å². The van der Waals surface area contributed by atoms with Gasteiger partial charge in [0, 0.05) is 29.5 Å². The van der Waals surface area contributed by atoms with Crippen molar-refractivity contribution < 1.29 is 9.47 Å². The van der Waals surface area contributed by atoms with Crippen LogP contribution in [0.4, 0.5) is 0 Å². The van der Waals surface area contributed by atoms with Crippen LogP contribution in [0.2, 0.25) is 0 Å². The molecule has 0 aliphatic rings. The predicted molar refractivity (Wildman–Crippen MR) is 91.7 cm³/mol. The Morgan fingerprint density at radius 1 is 1.04 bits per heavy atom. The quantitative estimate of drug-likeness (QED) is 0.803. The molecule has 0 saturated heterocycles. The van der Waals surface area contributed by atoms with Crippen LogP contribution in [0, 0.1) is 6.92 Å². The number of ether oxygens (including phenoxy) is 2. The van der Waals surface area contributed by atoms with Gasteiger partial charge in [-0.1, -0.05) is 30.3 Å². The molecule has 0 amide bonds. The lowest BCUT2D eigenvalue weighted by Gasteiger charge is -2.13. The second-order valence-electron chi connectivity index (χ2n) is 5.47. The molecule has 0 bridgehead atoms. The highest BCUT2D eigenvalue weighted by Crippen LogP contribution is 2.33. The van der Waals surface area contributed by atoms with E-state index in [4.69, 9.17) is 9.47 Å². The minimum atomic E-state index is -0.0749. The smallest absolute Gasteiger partial charge is 0.252 e. The lowest BCUT2D eigenvalue weighted by atomic mass is 9.98. The first kappa shape index (κ1) is 15.2. The number of benzene rings is 2. The van der Waals surface area contributed by atoms with Crippen LogP contribution in [0.1, 0.15) is 16.7 Å². The summed E-state index contributed by atoms with van der Waals surface area (Å²) in [5.41, 5.74) is 3.45. The summed E-state index contributed by atoms with van der Waals surface area (Å²) >= 11 is 0. The number of hydrogen-bond donors (Lipinski definition) is 1. The zero-order valence-electron chi connectivity index (χ0n) is 13.5. The van der Waals surface area contributed by atoms with Crippen LogP contribution in [-0.2, 0) is 6.42 Å².